The summed E-state index contributed by atoms with van der Waals surface area (Å²) in [6.45, 7) is 5.14. The van der Waals surface area contributed by atoms with E-state index in [1.165, 1.54) is 0 Å². The third-order valence-electron chi connectivity index (χ3n) is 3.26. The first-order valence-corrected chi connectivity index (χ1v) is 7.23. The van der Waals surface area contributed by atoms with E-state index in [0.29, 0.717) is 12.6 Å². The van der Waals surface area contributed by atoms with Gasteiger partial charge in [0.05, 0.1) is 13.2 Å². The highest BCUT2D eigenvalue weighted by atomic mass is 79.9. The summed E-state index contributed by atoms with van der Waals surface area (Å²) in [5.74, 6) is 0. The molecular weight excluding hydrogens is 294 g/mol. The van der Waals surface area contributed by atoms with Gasteiger partial charge in [0.1, 0.15) is 0 Å². The van der Waals surface area contributed by atoms with Gasteiger partial charge in [-0.25, -0.2) is 0 Å². The van der Waals surface area contributed by atoms with Gasteiger partial charge >= 0.3 is 0 Å². The summed E-state index contributed by atoms with van der Waals surface area (Å²) < 4.78 is 0.913. The van der Waals surface area contributed by atoms with Crippen LogP contribution in [0.3, 0.4) is 0 Å². The highest BCUT2D eigenvalue weighted by molar-refractivity contribution is 9.10. The summed E-state index contributed by atoms with van der Waals surface area (Å²) in [5, 5.41) is 18.4. The lowest BCUT2D eigenvalue weighted by Gasteiger charge is -2.32. The first kappa shape index (κ1) is 15.5. The molecular formula is C14H22BrNO2. The number of benzene rings is 1. The van der Waals surface area contributed by atoms with Crippen molar-refractivity contribution in [1.82, 2.24) is 0 Å². The third kappa shape index (κ3) is 3.70. The lowest BCUT2D eigenvalue weighted by Crippen LogP contribution is -2.36. The quantitative estimate of drug-likeness (QED) is 0.813. The van der Waals surface area contributed by atoms with Crippen molar-refractivity contribution in [2.24, 2.45) is 0 Å². The third-order valence-corrected chi connectivity index (χ3v) is 4.00. The maximum absolute atomic E-state index is 9.21. The molecule has 2 N–H and O–H groups in total. The highest BCUT2D eigenvalue weighted by Gasteiger charge is 2.16. The summed E-state index contributed by atoms with van der Waals surface area (Å²) in [6.07, 6.45) is 2.10. The molecule has 0 aliphatic rings. The van der Waals surface area contributed by atoms with Crippen LogP contribution in [0.1, 0.15) is 32.3 Å². The predicted octanol–water partition coefficient (Wildman–Crippen LogP) is 2.93. The van der Waals surface area contributed by atoms with Crippen LogP contribution >= 0.6 is 15.9 Å². The van der Waals surface area contributed by atoms with Crippen LogP contribution in [0.2, 0.25) is 0 Å². The van der Waals surface area contributed by atoms with Crippen LogP contribution in [0.5, 0.6) is 0 Å². The van der Waals surface area contributed by atoms with Gasteiger partial charge in [-0.15, -0.1) is 0 Å². The number of anilines is 1. The molecule has 0 aromatic heterocycles. The van der Waals surface area contributed by atoms with E-state index in [9.17, 15) is 5.11 Å². The van der Waals surface area contributed by atoms with E-state index in [4.69, 9.17) is 5.11 Å². The molecule has 0 aliphatic carbocycles. The fourth-order valence-electron chi connectivity index (χ4n) is 2.20. The Kier molecular flexibility index (Phi) is 6.68. The molecule has 0 saturated heterocycles. The fraction of sp³-hybridized carbons (Fsp3) is 0.571. The number of halogens is 1. The normalized spacial score (nSPS) is 11.0. The van der Waals surface area contributed by atoms with Crippen LogP contribution in [0.4, 0.5) is 5.69 Å². The second-order valence-corrected chi connectivity index (χ2v) is 5.18. The van der Waals surface area contributed by atoms with Gasteiger partial charge in [0, 0.05) is 22.7 Å². The van der Waals surface area contributed by atoms with Gasteiger partial charge in [0.15, 0.2) is 0 Å². The van der Waals surface area contributed by atoms with Crippen LogP contribution in [-0.4, -0.2) is 29.4 Å². The van der Waals surface area contributed by atoms with Crippen LogP contribution in [-0.2, 0) is 6.61 Å². The zero-order valence-corrected chi connectivity index (χ0v) is 12.7. The largest absolute Gasteiger partial charge is 0.395 e. The molecule has 1 aromatic rings. The number of hydrogen-bond donors (Lipinski definition) is 2. The molecule has 0 radical (unpaired) electrons. The summed E-state index contributed by atoms with van der Waals surface area (Å²) in [5.41, 5.74) is 1.97. The van der Waals surface area contributed by atoms with Crippen molar-refractivity contribution in [1.29, 1.82) is 0 Å². The second-order valence-electron chi connectivity index (χ2n) is 4.32. The summed E-state index contributed by atoms with van der Waals surface area (Å²) in [7, 11) is 0. The number of aliphatic hydroxyl groups excluding tert-OH is 2. The van der Waals surface area contributed by atoms with Crippen molar-refractivity contribution < 1.29 is 10.2 Å². The van der Waals surface area contributed by atoms with Gasteiger partial charge in [0.2, 0.25) is 0 Å². The number of nitrogens with zero attached hydrogens (tertiary/aromatic N) is 1. The molecule has 102 valence electrons. The van der Waals surface area contributed by atoms with E-state index >= 15 is 0 Å². The Balaban J connectivity index is 3.01. The van der Waals surface area contributed by atoms with E-state index in [-0.39, 0.29) is 13.2 Å². The molecule has 0 unspecified atom stereocenters. The zero-order valence-electron chi connectivity index (χ0n) is 11.1. The minimum atomic E-state index is 0.0336. The maximum atomic E-state index is 9.21. The van der Waals surface area contributed by atoms with E-state index in [1.54, 1.807) is 0 Å². The van der Waals surface area contributed by atoms with Crippen molar-refractivity contribution in [3.8, 4) is 0 Å². The standard InChI is InChI=1S/C14H22BrNO2/c1-3-12(4-2)16(7-8-17)13-6-5-11(10-18)14(15)9-13/h5-6,9,12,17-18H,3-4,7-8,10H2,1-2H3. The average Bonchev–Trinajstić information content (AvgIpc) is 2.39. The summed E-state index contributed by atoms with van der Waals surface area (Å²) in [4.78, 5) is 2.23. The molecule has 4 heteroatoms. The molecule has 1 aromatic carbocycles. The molecule has 0 fully saturated rings. The molecule has 0 saturated carbocycles. The van der Waals surface area contributed by atoms with E-state index < -0.39 is 0 Å². The second kappa shape index (κ2) is 7.77. The molecule has 3 nitrogen and oxygen atoms in total. The first-order chi connectivity index (χ1) is 8.67. The summed E-state index contributed by atoms with van der Waals surface area (Å²) >= 11 is 3.47. The van der Waals surface area contributed by atoms with Crippen molar-refractivity contribution in [3.05, 3.63) is 28.2 Å². The lowest BCUT2D eigenvalue weighted by atomic mass is 10.1. The van der Waals surface area contributed by atoms with Crippen LogP contribution in [0, 0.1) is 0 Å². The Morgan fingerprint density at radius 3 is 2.33 bits per heavy atom. The van der Waals surface area contributed by atoms with Crippen molar-refractivity contribution in [2.45, 2.75) is 39.3 Å². The van der Waals surface area contributed by atoms with Gasteiger partial charge in [-0.05, 0) is 30.5 Å². The van der Waals surface area contributed by atoms with E-state index in [0.717, 1.165) is 28.6 Å². The molecule has 0 aliphatic heterocycles. The highest BCUT2D eigenvalue weighted by Crippen LogP contribution is 2.26. The first-order valence-electron chi connectivity index (χ1n) is 6.44. The van der Waals surface area contributed by atoms with Crippen LogP contribution < -0.4 is 4.90 Å². The van der Waals surface area contributed by atoms with Crippen molar-refractivity contribution in [3.63, 3.8) is 0 Å². The Morgan fingerprint density at radius 1 is 1.22 bits per heavy atom. The molecule has 0 amide bonds. The molecule has 0 spiro atoms. The average molecular weight is 316 g/mol. The Labute approximate surface area is 118 Å². The monoisotopic (exact) mass is 315 g/mol. The van der Waals surface area contributed by atoms with E-state index in [1.807, 2.05) is 18.2 Å². The smallest absolute Gasteiger partial charge is 0.0692 e. The van der Waals surface area contributed by atoms with Gasteiger partial charge in [-0.2, -0.15) is 0 Å². The summed E-state index contributed by atoms with van der Waals surface area (Å²) in [6, 6.07) is 6.37. The molecule has 18 heavy (non-hydrogen) atoms. The van der Waals surface area contributed by atoms with Crippen molar-refractivity contribution in [2.75, 3.05) is 18.1 Å². The van der Waals surface area contributed by atoms with Gasteiger partial charge in [-0.3, -0.25) is 0 Å². The molecule has 0 atom stereocenters. The van der Waals surface area contributed by atoms with Gasteiger partial charge < -0.3 is 15.1 Å². The fourth-order valence-corrected chi connectivity index (χ4v) is 2.69. The zero-order chi connectivity index (χ0) is 13.5. The van der Waals surface area contributed by atoms with Crippen LogP contribution in [0.25, 0.3) is 0 Å². The number of aliphatic hydroxyl groups is 2. The molecule has 0 bridgehead atoms. The predicted molar refractivity (Wildman–Crippen MR) is 78.9 cm³/mol. The molecule has 0 heterocycles. The minimum Gasteiger partial charge on any atom is -0.395 e. The van der Waals surface area contributed by atoms with Gasteiger partial charge in [0.25, 0.3) is 0 Å². The Bertz CT molecular complexity index is 367. The van der Waals surface area contributed by atoms with Crippen molar-refractivity contribution >= 4 is 21.6 Å². The number of hydrogen-bond acceptors (Lipinski definition) is 3. The van der Waals surface area contributed by atoms with Gasteiger partial charge in [-0.1, -0.05) is 35.8 Å². The minimum absolute atomic E-state index is 0.0336. The maximum Gasteiger partial charge on any atom is 0.0692 e. The number of rotatable bonds is 7. The van der Waals surface area contributed by atoms with E-state index in [2.05, 4.69) is 34.7 Å². The lowest BCUT2D eigenvalue weighted by molar-refractivity contribution is 0.281. The van der Waals surface area contributed by atoms with Crippen LogP contribution in [0.15, 0.2) is 22.7 Å². The topological polar surface area (TPSA) is 43.7 Å². The SMILES string of the molecule is CCC(CC)N(CCO)c1ccc(CO)c(Br)c1. The Hall–Kier alpha value is -0.580. The Morgan fingerprint density at radius 2 is 1.89 bits per heavy atom. The molecule has 1 rings (SSSR count).